The Morgan fingerprint density at radius 1 is 1.08 bits per heavy atom. The van der Waals surface area contributed by atoms with E-state index in [1.54, 1.807) is 0 Å². The van der Waals surface area contributed by atoms with Crippen molar-refractivity contribution in [2.45, 2.75) is 45.1 Å². The number of hydrogen-bond acceptors (Lipinski definition) is 3. The Balaban J connectivity index is 3.00. The van der Waals surface area contributed by atoms with Crippen LogP contribution in [-0.4, -0.2) is 35.5 Å². The lowest BCUT2D eigenvalue weighted by Gasteiger charge is -2.16. The Labute approximate surface area is 81.2 Å². The standard InChI is InChI=1S/C10H23NO2/c1-10(2,13)6-8-11-7-4-3-5-9-12/h11-13H,3-9H2,1-2H3. The normalized spacial score (nSPS) is 12.0. The first-order chi connectivity index (χ1) is 6.06. The molecule has 0 aliphatic rings. The van der Waals surface area contributed by atoms with Crippen LogP contribution in [0.4, 0.5) is 0 Å². The van der Waals surface area contributed by atoms with Gasteiger partial charge in [0.1, 0.15) is 0 Å². The van der Waals surface area contributed by atoms with Crippen molar-refractivity contribution < 1.29 is 10.2 Å². The van der Waals surface area contributed by atoms with Gasteiger partial charge in [-0.05, 0) is 52.6 Å². The van der Waals surface area contributed by atoms with E-state index < -0.39 is 5.60 Å². The first-order valence-corrected chi connectivity index (χ1v) is 5.10. The molecule has 0 fully saturated rings. The highest BCUT2D eigenvalue weighted by Crippen LogP contribution is 2.04. The Morgan fingerprint density at radius 2 is 1.77 bits per heavy atom. The molecule has 0 bridgehead atoms. The SMILES string of the molecule is CC(C)(O)CCNCCCCCO. The first kappa shape index (κ1) is 12.9. The molecule has 0 aliphatic carbocycles. The fourth-order valence-electron chi connectivity index (χ4n) is 1.06. The monoisotopic (exact) mass is 189 g/mol. The molecular weight excluding hydrogens is 166 g/mol. The van der Waals surface area contributed by atoms with Gasteiger partial charge in [0.15, 0.2) is 0 Å². The fraction of sp³-hybridized carbons (Fsp3) is 1.00. The molecule has 80 valence electrons. The van der Waals surface area contributed by atoms with Crippen LogP contribution in [0.2, 0.25) is 0 Å². The summed E-state index contributed by atoms with van der Waals surface area (Å²) in [5.74, 6) is 0. The summed E-state index contributed by atoms with van der Waals surface area (Å²) in [7, 11) is 0. The molecule has 0 spiro atoms. The molecular formula is C10H23NO2. The van der Waals surface area contributed by atoms with Crippen molar-refractivity contribution in [3.63, 3.8) is 0 Å². The number of unbranched alkanes of at least 4 members (excludes halogenated alkanes) is 2. The van der Waals surface area contributed by atoms with Gasteiger partial charge in [0.2, 0.25) is 0 Å². The van der Waals surface area contributed by atoms with E-state index in [4.69, 9.17) is 5.11 Å². The highest BCUT2D eigenvalue weighted by atomic mass is 16.3. The Morgan fingerprint density at radius 3 is 2.31 bits per heavy atom. The second kappa shape index (κ2) is 7.30. The van der Waals surface area contributed by atoms with Crippen LogP contribution >= 0.6 is 0 Å². The van der Waals surface area contributed by atoms with E-state index in [1.807, 2.05) is 13.8 Å². The van der Waals surface area contributed by atoms with E-state index >= 15 is 0 Å². The number of aliphatic hydroxyl groups excluding tert-OH is 1. The summed E-state index contributed by atoms with van der Waals surface area (Å²) < 4.78 is 0. The van der Waals surface area contributed by atoms with Crippen LogP contribution in [0.1, 0.15) is 39.5 Å². The number of nitrogens with one attached hydrogen (secondary N) is 1. The smallest absolute Gasteiger partial charge is 0.0603 e. The highest BCUT2D eigenvalue weighted by Gasteiger charge is 2.10. The molecule has 0 aromatic heterocycles. The van der Waals surface area contributed by atoms with Crippen LogP contribution in [0.25, 0.3) is 0 Å². The zero-order chi connectivity index (χ0) is 10.2. The quantitative estimate of drug-likeness (QED) is 0.497. The molecule has 0 radical (unpaired) electrons. The zero-order valence-electron chi connectivity index (χ0n) is 8.84. The van der Waals surface area contributed by atoms with Crippen LogP contribution in [-0.2, 0) is 0 Å². The van der Waals surface area contributed by atoms with Gasteiger partial charge in [-0.25, -0.2) is 0 Å². The van der Waals surface area contributed by atoms with Gasteiger partial charge in [-0.3, -0.25) is 0 Å². The molecule has 0 heterocycles. The van der Waals surface area contributed by atoms with Crippen LogP contribution in [0.5, 0.6) is 0 Å². The van der Waals surface area contributed by atoms with Gasteiger partial charge in [0, 0.05) is 6.61 Å². The Hall–Kier alpha value is -0.120. The van der Waals surface area contributed by atoms with E-state index in [1.165, 1.54) is 0 Å². The number of aliphatic hydroxyl groups is 2. The molecule has 3 N–H and O–H groups in total. The molecule has 0 rings (SSSR count). The Kier molecular flexibility index (Phi) is 7.23. The van der Waals surface area contributed by atoms with E-state index in [9.17, 15) is 5.11 Å². The van der Waals surface area contributed by atoms with Gasteiger partial charge in [-0.15, -0.1) is 0 Å². The second-order valence-electron chi connectivity index (χ2n) is 4.10. The van der Waals surface area contributed by atoms with Crippen molar-refractivity contribution in [2.24, 2.45) is 0 Å². The highest BCUT2D eigenvalue weighted by molar-refractivity contribution is 4.66. The van der Waals surface area contributed by atoms with Crippen LogP contribution in [0.15, 0.2) is 0 Å². The third-order valence-corrected chi connectivity index (χ3v) is 1.93. The van der Waals surface area contributed by atoms with Crippen LogP contribution in [0.3, 0.4) is 0 Å². The summed E-state index contributed by atoms with van der Waals surface area (Å²) in [4.78, 5) is 0. The van der Waals surface area contributed by atoms with Crippen molar-refractivity contribution in [3.8, 4) is 0 Å². The fourth-order valence-corrected chi connectivity index (χ4v) is 1.06. The second-order valence-corrected chi connectivity index (χ2v) is 4.10. The van der Waals surface area contributed by atoms with E-state index in [0.717, 1.165) is 38.8 Å². The third kappa shape index (κ3) is 11.9. The maximum absolute atomic E-state index is 9.39. The lowest BCUT2D eigenvalue weighted by atomic mass is 10.1. The summed E-state index contributed by atoms with van der Waals surface area (Å²) in [6.45, 7) is 5.78. The number of hydrogen-bond donors (Lipinski definition) is 3. The molecule has 0 unspecified atom stereocenters. The molecule has 3 nitrogen and oxygen atoms in total. The minimum Gasteiger partial charge on any atom is -0.396 e. The maximum atomic E-state index is 9.39. The summed E-state index contributed by atoms with van der Waals surface area (Å²) in [6, 6.07) is 0. The van der Waals surface area contributed by atoms with Crippen molar-refractivity contribution >= 4 is 0 Å². The van der Waals surface area contributed by atoms with Gasteiger partial charge in [-0.2, -0.15) is 0 Å². The minimum atomic E-state index is -0.557. The molecule has 13 heavy (non-hydrogen) atoms. The molecule has 0 atom stereocenters. The predicted octanol–water partition coefficient (Wildman–Crippen LogP) is 0.900. The van der Waals surface area contributed by atoms with E-state index in [-0.39, 0.29) is 0 Å². The van der Waals surface area contributed by atoms with Crippen molar-refractivity contribution in [2.75, 3.05) is 19.7 Å². The molecule has 0 aromatic rings. The first-order valence-electron chi connectivity index (χ1n) is 5.10. The lowest BCUT2D eigenvalue weighted by molar-refractivity contribution is 0.0712. The summed E-state index contributed by atoms with van der Waals surface area (Å²) in [5, 5.41) is 21.2. The minimum absolute atomic E-state index is 0.295. The zero-order valence-corrected chi connectivity index (χ0v) is 8.84. The van der Waals surface area contributed by atoms with Crippen LogP contribution in [0, 0.1) is 0 Å². The van der Waals surface area contributed by atoms with Gasteiger partial charge in [0.05, 0.1) is 5.60 Å². The summed E-state index contributed by atoms with van der Waals surface area (Å²) >= 11 is 0. The topological polar surface area (TPSA) is 52.5 Å². The summed E-state index contributed by atoms with van der Waals surface area (Å²) in [5.41, 5.74) is -0.557. The molecule has 0 amide bonds. The third-order valence-electron chi connectivity index (χ3n) is 1.93. The Bertz CT molecular complexity index is 110. The van der Waals surface area contributed by atoms with E-state index in [0.29, 0.717) is 6.61 Å². The van der Waals surface area contributed by atoms with Gasteiger partial charge in [0.25, 0.3) is 0 Å². The maximum Gasteiger partial charge on any atom is 0.0603 e. The van der Waals surface area contributed by atoms with Gasteiger partial charge >= 0.3 is 0 Å². The average molecular weight is 189 g/mol. The largest absolute Gasteiger partial charge is 0.396 e. The van der Waals surface area contributed by atoms with Crippen LogP contribution < -0.4 is 5.32 Å². The van der Waals surface area contributed by atoms with Crippen molar-refractivity contribution in [3.05, 3.63) is 0 Å². The molecule has 0 saturated carbocycles. The molecule has 0 aliphatic heterocycles. The van der Waals surface area contributed by atoms with Gasteiger partial charge in [-0.1, -0.05) is 0 Å². The van der Waals surface area contributed by atoms with Crippen molar-refractivity contribution in [1.82, 2.24) is 5.32 Å². The van der Waals surface area contributed by atoms with Gasteiger partial charge < -0.3 is 15.5 Å². The predicted molar refractivity (Wildman–Crippen MR) is 54.7 cm³/mol. The molecule has 0 aromatic carbocycles. The molecule has 0 saturated heterocycles. The number of rotatable bonds is 8. The van der Waals surface area contributed by atoms with Crippen molar-refractivity contribution in [1.29, 1.82) is 0 Å². The average Bonchev–Trinajstić information content (AvgIpc) is 2.01. The summed E-state index contributed by atoms with van der Waals surface area (Å²) in [6.07, 6.45) is 3.86. The molecule has 3 heteroatoms. The lowest BCUT2D eigenvalue weighted by Crippen LogP contribution is -2.27. The van der Waals surface area contributed by atoms with E-state index in [2.05, 4.69) is 5.32 Å².